The highest BCUT2D eigenvalue weighted by Crippen LogP contribution is 2.22. The van der Waals surface area contributed by atoms with E-state index in [0.29, 0.717) is 24.9 Å². The van der Waals surface area contributed by atoms with Gasteiger partial charge in [0.2, 0.25) is 0 Å². The summed E-state index contributed by atoms with van der Waals surface area (Å²) < 4.78 is 0. The molecule has 0 unspecified atom stereocenters. The number of aromatic hydroxyl groups is 1. The van der Waals surface area contributed by atoms with E-state index in [1.807, 2.05) is 18.2 Å². The average molecular weight is 264 g/mol. The molecule has 1 aliphatic rings. The lowest BCUT2D eigenvalue weighted by Crippen LogP contribution is -2.44. The molecule has 0 atom stereocenters. The van der Waals surface area contributed by atoms with E-state index in [-0.39, 0.29) is 6.61 Å². The number of piperidine rings is 1. The second-order valence-electron chi connectivity index (χ2n) is 5.36. The molecule has 2 N–H and O–H groups in total. The van der Waals surface area contributed by atoms with Crippen molar-refractivity contribution in [3.63, 3.8) is 0 Å². The van der Waals surface area contributed by atoms with Crippen molar-refractivity contribution >= 4 is 0 Å². The first-order chi connectivity index (χ1) is 9.20. The van der Waals surface area contributed by atoms with Crippen molar-refractivity contribution < 1.29 is 10.2 Å². The molecule has 106 valence electrons. The first kappa shape index (κ1) is 14.3. The van der Waals surface area contributed by atoms with E-state index in [0.717, 1.165) is 31.5 Å². The Hall–Kier alpha value is -1.10. The van der Waals surface area contributed by atoms with Gasteiger partial charge >= 0.3 is 0 Å². The summed E-state index contributed by atoms with van der Waals surface area (Å²) in [7, 11) is 2.15. The van der Waals surface area contributed by atoms with Crippen molar-refractivity contribution in [2.75, 3.05) is 33.3 Å². The summed E-state index contributed by atoms with van der Waals surface area (Å²) in [4.78, 5) is 4.63. The maximum atomic E-state index is 9.87. The van der Waals surface area contributed by atoms with Gasteiger partial charge in [-0.25, -0.2) is 0 Å². The minimum atomic E-state index is 0.167. The Bertz CT molecular complexity index is 389. The molecule has 0 aliphatic carbocycles. The number of rotatable bonds is 5. The number of para-hydroxylation sites is 1. The number of aliphatic hydroxyl groups is 1. The lowest BCUT2D eigenvalue weighted by molar-refractivity contribution is 0.0934. The average Bonchev–Trinajstić information content (AvgIpc) is 2.42. The van der Waals surface area contributed by atoms with Crippen LogP contribution in [0.2, 0.25) is 0 Å². The van der Waals surface area contributed by atoms with Crippen molar-refractivity contribution in [3.8, 4) is 5.75 Å². The SMILES string of the molecule is CN1CCC(N(CCO)Cc2ccccc2O)CC1. The largest absolute Gasteiger partial charge is 0.508 e. The fraction of sp³-hybridized carbons (Fsp3) is 0.600. The molecule has 4 heteroatoms. The molecular formula is C15H24N2O2. The summed E-state index contributed by atoms with van der Waals surface area (Å²) in [6, 6.07) is 7.96. The zero-order valence-electron chi connectivity index (χ0n) is 11.6. The van der Waals surface area contributed by atoms with Crippen LogP contribution in [0, 0.1) is 0 Å². The molecule has 1 aromatic carbocycles. The standard InChI is InChI=1S/C15H24N2O2/c1-16-8-6-14(7-9-16)17(10-11-18)12-13-4-2-3-5-15(13)19/h2-5,14,18-19H,6-12H2,1H3. The van der Waals surface area contributed by atoms with Gasteiger partial charge in [0, 0.05) is 24.7 Å². The lowest BCUT2D eigenvalue weighted by atomic mass is 10.0. The summed E-state index contributed by atoms with van der Waals surface area (Å²) >= 11 is 0. The van der Waals surface area contributed by atoms with E-state index in [2.05, 4.69) is 16.8 Å². The molecule has 2 rings (SSSR count). The summed E-state index contributed by atoms with van der Waals surface area (Å²) in [6.07, 6.45) is 2.26. The molecular weight excluding hydrogens is 240 g/mol. The van der Waals surface area contributed by atoms with Crippen LogP contribution >= 0.6 is 0 Å². The molecule has 19 heavy (non-hydrogen) atoms. The molecule has 1 heterocycles. The molecule has 1 saturated heterocycles. The fourth-order valence-electron chi connectivity index (χ4n) is 2.74. The van der Waals surface area contributed by atoms with Crippen molar-refractivity contribution in [1.82, 2.24) is 9.80 Å². The van der Waals surface area contributed by atoms with Gasteiger partial charge in [-0.05, 0) is 39.0 Å². The van der Waals surface area contributed by atoms with E-state index in [1.54, 1.807) is 6.07 Å². The van der Waals surface area contributed by atoms with E-state index < -0.39 is 0 Å². The van der Waals surface area contributed by atoms with Crippen LogP contribution in [0.4, 0.5) is 0 Å². The Morgan fingerprint density at radius 3 is 2.58 bits per heavy atom. The number of phenols is 1. The number of nitrogens with zero attached hydrogens (tertiary/aromatic N) is 2. The molecule has 0 saturated carbocycles. The van der Waals surface area contributed by atoms with Crippen molar-refractivity contribution in [1.29, 1.82) is 0 Å². The maximum absolute atomic E-state index is 9.87. The van der Waals surface area contributed by atoms with Gasteiger partial charge in [0.15, 0.2) is 0 Å². The molecule has 0 amide bonds. The van der Waals surface area contributed by atoms with Gasteiger partial charge in [0.25, 0.3) is 0 Å². The molecule has 4 nitrogen and oxygen atoms in total. The van der Waals surface area contributed by atoms with Crippen LogP contribution in [0.3, 0.4) is 0 Å². The molecule has 1 aliphatic heterocycles. The van der Waals surface area contributed by atoms with Gasteiger partial charge in [-0.2, -0.15) is 0 Å². The number of hydrogen-bond acceptors (Lipinski definition) is 4. The third-order valence-corrected chi connectivity index (χ3v) is 3.96. The first-order valence-corrected chi connectivity index (χ1v) is 7.01. The topological polar surface area (TPSA) is 46.9 Å². The smallest absolute Gasteiger partial charge is 0.120 e. The minimum Gasteiger partial charge on any atom is -0.508 e. The number of likely N-dealkylation sites (tertiary alicyclic amines) is 1. The highest BCUT2D eigenvalue weighted by molar-refractivity contribution is 5.31. The quantitative estimate of drug-likeness (QED) is 0.841. The van der Waals surface area contributed by atoms with Crippen molar-refractivity contribution in [3.05, 3.63) is 29.8 Å². The normalized spacial score (nSPS) is 18.1. The van der Waals surface area contributed by atoms with Crippen LogP contribution in [0.15, 0.2) is 24.3 Å². The van der Waals surface area contributed by atoms with Gasteiger partial charge in [0.05, 0.1) is 6.61 Å². The number of benzene rings is 1. The van der Waals surface area contributed by atoms with Crippen molar-refractivity contribution in [2.45, 2.75) is 25.4 Å². The highest BCUT2D eigenvalue weighted by Gasteiger charge is 2.23. The van der Waals surface area contributed by atoms with Crippen LogP contribution < -0.4 is 0 Å². The Balaban J connectivity index is 2.02. The number of hydrogen-bond donors (Lipinski definition) is 2. The number of phenolic OH excluding ortho intramolecular Hbond substituents is 1. The Morgan fingerprint density at radius 2 is 1.95 bits per heavy atom. The fourth-order valence-corrected chi connectivity index (χ4v) is 2.74. The zero-order chi connectivity index (χ0) is 13.7. The minimum absolute atomic E-state index is 0.167. The summed E-state index contributed by atoms with van der Waals surface area (Å²) in [5.74, 6) is 0.346. The van der Waals surface area contributed by atoms with Gasteiger partial charge in [0.1, 0.15) is 5.75 Å². The lowest BCUT2D eigenvalue weighted by Gasteiger charge is -2.37. The third kappa shape index (κ3) is 3.93. The maximum Gasteiger partial charge on any atom is 0.120 e. The van der Waals surface area contributed by atoms with Crippen LogP contribution in [-0.4, -0.2) is 59.3 Å². The van der Waals surface area contributed by atoms with E-state index in [4.69, 9.17) is 0 Å². The molecule has 0 bridgehead atoms. The first-order valence-electron chi connectivity index (χ1n) is 7.01. The predicted molar refractivity (Wildman–Crippen MR) is 76.1 cm³/mol. The van der Waals surface area contributed by atoms with Gasteiger partial charge in [-0.3, -0.25) is 4.90 Å². The van der Waals surface area contributed by atoms with Gasteiger partial charge in [-0.15, -0.1) is 0 Å². The highest BCUT2D eigenvalue weighted by atomic mass is 16.3. The van der Waals surface area contributed by atoms with E-state index in [1.165, 1.54) is 0 Å². The zero-order valence-corrected chi connectivity index (χ0v) is 11.6. The van der Waals surface area contributed by atoms with Crippen LogP contribution in [-0.2, 0) is 6.54 Å². The molecule has 0 aromatic heterocycles. The van der Waals surface area contributed by atoms with Crippen LogP contribution in [0.25, 0.3) is 0 Å². The second kappa shape index (κ2) is 6.89. The molecule has 1 fully saturated rings. The molecule has 0 spiro atoms. The monoisotopic (exact) mass is 264 g/mol. The molecule has 0 radical (unpaired) electrons. The Kier molecular flexibility index (Phi) is 5.19. The Morgan fingerprint density at radius 1 is 1.26 bits per heavy atom. The molecule has 1 aromatic rings. The van der Waals surface area contributed by atoms with E-state index >= 15 is 0 Å². The summed E-state index contributed by atoms with van der Waals surface area (Å²) in [6.45, 7) is 3.75. The summed E-state index contributed by atoms with van der Waals surface area (Å²) in [5, 5.41) is 19.1. The van der Waals surface area contributed by atoms with Crippen LogP contribution in [0.1, 0.15) is 18.4 Å². The van der Waals surface area contributed by atoms with Gasteiger partial charge in [-0.1, -0.05) is 18.2 Å². The van der Waals surface area contributed by atoms with Crippen molar-refractivity contribution in [2.24, 2.45) is 0 Å². The second-order valence-corrected chi connectivity index (χ2v) is 5.36. The predicted octanol–water partition coefficient (Wildman–Crippen LogP) is 1.28. The van der Waals surface area contributed by atoms with Gasteiger partial charge < -0.3 is 15.1 Å². The van der Waals surface area contributed by atoms with Crippen LogP contribution in [0.5, 0.6) is 5.75 Å². The Labute approximate surface area is 115 Å². The third-order valence-electron chi connectivity index (χ3n) is 3.96. The number of aliphatic hydroxyl groups excluding tert-OH is 1. The summed E-state index contributed by atoms with van der Waals surface area (Å²) in [5.41, 5.74) is 0.940. The van der Waals surface area contributed by atoms with E-state index in [9.17, 15) is 10.2 Å².